The molecule has 15 heavy (non-hydrogen) atoms. The Morgan fingerprint density at radius 3 is 2.40 bits per heavy atom. The third kappa shape index (κ3) is 4.46. The van der Waals surface area contributed by atoms with Crippen molar-refractivity contribution in [2.45, 2.75) is 0 Å². The summed E-state index contributed by atoms with van der Waals surface area (Å²) in [6.07, 6.45) is -1.93. The Bertz CT molecular complexity index is 376. The summed E-state index contributed by atoms with van der Waals surface area (Å²) in [5.74, 6) is 0.140. The predicted molar refractivity (Wildman–Crippen MR) is 47.1 cm³/mol. The molecule has 0 saturated carbocycles. The second-order valence-electron chi connectivity index (χ2n) is 2.30. The molecule has 1 aromatic rings. The van der Waals surface area contributed by atoms with Crippen molar-refractivity contribution in [3.63, 3.8) is 0 Å². The molecule has 0 heterocycles. The first-order chi connectivity index (χ1) is 6.99. The number of phosphoric acid groups is 1. The van der Waals surface area contributed by atoms with E-state index in [0.29, 0.717) is 0 Å². The van der Waals surface area contributed by atoms with Crippen LogP contribution >= 0.6 is 7.82 Å². The lowest BCUT2D eigenvalue weighted by atomic mass is 10.3. The van der Waals surface area contributed by atoms with E-state index in [9.17, 15) is 9.36 Å². The monoisotopic (exact) mass is 234 g/mol. The Labute approximate surface area is 84.4 Å². The molecule has 0 fully saturated rings. The Kier molecular flexibility index (Phi) is 3.68. The molecule has 0 aliphatic carbocycles. The molecule has 0 amide bonds. The lowest BCUT2D eigenvalue weighted by molar-refractivity contribution is -0.124. The molecule has 0 bridgehead atoms. The van der Waals surface area contributed by atoms with E-state index in [1.807, 2.05) is 0 Å². The first-order valence-corrected chi connectivity index (χ1v) is 5.16. The molecule has 2 N–H and O–H groups in total. The number of para-hydroxylation sites is 1. The lowest BCUT2D eigenvalue weighted by Crippen LogP contribution is -2.03. The van der Waals surface area contributed by atoms with Gasteiger partial charge < -0.3 is 14.5 Å². The van der Waals surface area contributed by atoms with E-state index in [1.54, 1.807) is 18.2 Å². The van der Waals surface area contributed by atoms with Crippen LogP contribution in [0.5, 0.6) is 5.75 Å². The molecule has 1 atom stereocenters. The van der Waals surface area contributed by atoms with Crippen LogP contribution in [0.2, 0.25) is 0 Å². The predicted octanol–water partition coefficient (Wildman–Crippen LogP) is 1.79. The van der Waals surface area contributed by atoms with Gasteiger partial charge in [-0.2, -0.15) is 0 Å². The van der Waals surface area contributed by atoms with E-state index >= 15 is 0 Å². The van der Waals surface area contributed by atoms with E-state index < -0.39 is 14.0 Å². The average Bonchev–Trinajstić information content (AvgIpc) is 2.15. The van der Waals surface area contributed by atoms with E-state index in [-0.39, 0.29) is 5.75 Å². The largest absolute Gasteiger partial charge is 0.568 e. The van der Waals surface area contributed by atoms with Gasteiger partial charge in [-0.3, -0.25) is 4.89 Å². The number of carboxylic acid groups (broad SMARTS) is 1. The summed E-state index contributed by atoms with van der Waals surface area (Å²) in [6, 6.07) is 7.78. The third-order valence-electron chi connectivity index (χ3n) is 1.16. The van der Waals surface area contributed by atoms with Crippen molar-refractivity contribution in [2.75, 3.05) is 0 Å². The molecular formula is C7H7O7P. The molecule has 1 rings (SSSR count). The smallest absolute Gasteiger partial charge is 0.449 e. The van der Waals surface area contributed by atoms with Gasteiger partial charge in [0.15, 0.2) is 5.75 Å². The van der Waals surface area contributed by atoms with Gasteiger partial charge >= 0.3 is 14.0 Å². The van der Waals surface area contributed by atoms with Gasteiger partial charge in [0.05, 0.1) is 0 Å². The fourth-order valence-corrected chi connectivity index (χ4v) is 1.09. The standard InChI is InChI=1S/C7H7O7P/c8-7(9)13-15(10,11)14-12-6-4-2-1-3-5-6/h1-5H,(H,8,9)(H,10,11). The van der Waals surface area contributed by atoms with Crippen molar-refractivity contribution in [1.29, 1.82) is 0 Å². The van der Waals surface area contributed by atoms with Crippen molar-refractivity contribution in [2.24, 2.45) is 0 Å². The number of carbonyl (C=O) groups is 1. The van der Waals surface area contributed by atoms with Crippen LogP contribution in [-0.4, -0.2) is 16.2 Å². The van der Waals surface area contributed by atoms with Gasteiger partial charge in [-0.1, -0.05) is 22.9 Å². The number of hydrogen-bond donors (Lipinski definition) is 2. The summed E-state index contributed by atoms with van der Waals surface area (Å²) < 4.78 is 18.3. The summed E-state index contributed by atoms with van der Waals surface area (Å²) in [6.45, 7) is 0. The zero-order valence-corrected chi connectivity index (χ0v) is 8.16. The highest BCUT2D eigenvalue weighted by atomic mass is 31.2. The molecule has 1 aromatic carbocycles. The minimum Gasteiger partial charge on any atom is -0.449 e. The molecule has 0 radical (unpaired) electrons. The SMILES string of the molecule is O=C(O)OP(=O)(O)OOc1ccccc1. The van der Waals surface area contributed by atoms with Gasteiger partial charge in [0.25, 0.3) is 0 Å². The van der Waals surface area contributed by atoms with Crippen LogP contribution in [0, 0.1) is 0 Å². The maximum Gasteiger partial charge on any atom is 0.568 e. The number of hydrogen-bond acceptors (Lipinski definition) is 5. The first kappa shape index (κ1) is 11.5. The molecular weight excluding hydrogens is 227 g/mol. The van der Waals surface area contributed by atoms with Crippen molar-refractivity contribution in [1.82, 2.24) is 0 Å². The Morgan fingerprint density at radius 2 is 1.87 bits per heavy atom. The number of rotatable bonds is 4. The highest BCUT2D eigenvalue weighted by Crippen LogP contribution is 2.43. The summed E-state index contributed by atoms with van der Waals surface area (Å²) in [7, 11) is -4.74. The van der Waals surface area contributed by atoms with Gasteiger partial charge in [-0.25, -0.2) is 9.36 Å². The second-order valence-corrected chi connectivity index (χ2v) is 3.57. The summed E-state index contributed by atoms with van der Waals surface area (Å²) in [5, 5.41) is 8.06. The van der Waals surface area contributed by atoms with Gasteiger partial charge in [0.2, 0.25) is 0 Å². The molecule has 0 aromatic heterocycles. The maximum atomic E-state index is 10.8. The second kappa shape index (κ2) is 4.79. The van der Waals surface area contributed by atoms with E-state index in [1.165, 1.54) is 12.1 Å². The van der Waals surface area contributed by atoms with Crippen molar-refractivity contribution in [3.8, 4) is 5.75 Å². The minimum absolute atomic E-state index is 0.140. The van der Waals surface area contributed by atoms with Crippen LogP contribution in [-0.2, 0) is 13.8 Å². The van der Waals surface area contributed by atoms with Crippen LogP contribution in [0.25, 0.3) is 0 Å². The van der Waals surface area contributed by atoms with Crippen LogP contribution in [0.3, 0.4) is 0 Å². The van der Waals surface area contributed by atoms with Gasteiger partial charge in [-0.05, 0) is 12.1 Å². The zero-order valence-electron chi connectivity index (χ0n) is 7.27. The van der Waals surface area contributed by atoms with E-state index in [0.717, 1.165) is 0 Å². The Hall–Kier alpha value is -1.56. The highest BCUT2D eigenvalue weighted by molar-refractivity contribution is 7.47. The fourth-order valence-electron chi connectivity index (χ4n) is 0.680. The third-order valence-corrected chi connectivity index (χ3v) is 1.81. The van der Waals surface area contributed by atoms with Crippen LogP contribution in [0.15, 0.2) is 30.3 Å². The van der Waals surface area contributed by atoms with E-state index in [2.05, 4.69) is 14.1 Å². The average molecular weight is 234 g/mol. The fraction of sp³-hybridized carbons (Fsp3) is 0. The molecule has 7 nitrogen and oxygen atoms in total. The molecule has 0 spiro atoms. The van der Waals surface area contributed by atoms with Crippen LogP contribution in [0.1, 0.15) is 0 Å². The summed E-state index contributed by atoms with van der Waals surface area (Å²) in [5.41, 5.74) is 0. The normalized spacial score (nSPS) is 13.9. The zero-order chi connectivity index (χ0) is 11.3. The molecule has 0 saturated heterocycles. The van der Waals surface area contributed by atoms with Crippen molar-refractivity contribution >= 4 is 14.0 Å². The van der Waals surface area contributed by atoms with Gasteiger partial charge in [0, 0.05) is 0 Å². The molecule has 0 aliphatic rings. The number of phosphoric ester groups is 1. The van der Waals surface area contributed by atoms with Crippen LogP contribution in [0.4, 0.5) is 4.79 Å². The highest BCUT2D eigenvalue weighted by Gasteiger charge is 2.28. The first-order valence-electron chi connectivity index (χ1n) is 3.66. The van der Waals surface area contributed by atoms with E-state index in [4.69, 9.17) is 10.00 Å². The molecule has 0 aliphatic heterocycles. The molecule has 8 heteroatoms. The molecule has 1 unspecified atom stereocenters. The summed E-state index contributed by atoms with van der Waals surface area (Å²) >= 11 is 0. The summed E-state index contributed by atoms with van der Waals surface area (Å²) in [4.78, 5) is 23.1. The quantitative estimate of drug-likeness (QED) is 0.465. The maximum absolute atomic E-state index is 10.8. The lowest BCUT2D eigenvalue weighted by Gasteiger charge is -2.08. The minimum atomic E-state index is -4.74. The Balaban J connectivity index is 2.50. The van der Waals surface area contributed by atoms with Crippen molar-refractivity contribution < 1.29 is 33.4 Å². The number of benzene rings is 1. The van der Waals surface area contributed by atoms with Crippen molar-refractivity contribution in [3.05, 3.63) is 30.3 Å². The topological polar surface area (TPSA) is 102 Å². The Morgan fingerprint density at radius 1 is 1.27 bits per heavy atom. The molecule has 82 valence electrons. The van der Waals surface area contributed by atoms with Gasteiger partial charge in [-0.15, -0.1) is 0 Å². The van der Waals surface area contributed by atoms with Crippen LogP contribution < -0.4 is 4.89 Å². The van der Waals surface area contributed by atoms with Gasteiger partial charge in [0.1, 0.15) is 0 Å².